The molecule has 0 amide bonds. The van der Waals surface area contributed by atoms with Gasteiger partial charge in [0.1, 0.15) is 6.10 Å². The van der Waals surface area contributed by atoms with Crippen LogP contribution >= 0.6 is 22.9 Å². The standard InChI is InChI=1S/C13H11ClF2OS/c1-2-7-3-4-12(18-7)13(17)8-5-10(15)11(16)6-9(8)14/h3-6,13,17H,2H2,1H3. The molecule has 1 atom stereocenters. The number of thiophene rings is 1. The lowest BCUT2D eigenvalue weighted by atomic mass is 10.1. The average molecular weight is 289 g/mol. The summed E-state index contributed by atoms with van der Waals surface area (Å²) in [6.07, 6.45) is -0.166. The van der Waals surface area contributed by atoms with Crippen LogP contribution in [0.1, 0.15) is 28.3 Å². The summed E-state index contributed by atoms with van der Waals surface area (Å²) < 4.78 is 26.1. The number of hydrogen-bond donors (Lipinski definition) is 1. The minimum absolute atomic E-state index is 0.0212. The van der Waals surface area contributed by atoms with Gasteiger partial charge in [-0.2, -0.15) is 0 Å². The number of halogens is 3. The van der Waals surface area contributed by atoms with E-state index in [1.807, 2.05) is 13.0 Å². The molecule has 5 heteroatoms. The molecule has 1 aromatic carbocycles. The first-order valence-electron chi connectivity index (χ1n) is 5.44. The molecule has 0 aliphatic rings. The Hall–Kier alpha value is -0.970. The van der Waals surface area contributed by atoms with Gasteiger partial charge >= 0.3 is 0 Å². The molecule has 0 fully saturated rings. The molecule has 18 heavy (non-hydrogen) atoms. The van der Waals surface area contributed by atoms with E-state index in [9.17, 15) is 13.9 Å². The molecular weight excluding hydrogens is 278 g/mol. The number of benzene rings is 1. The molecule has 1 nitrogen and oxygen atoms in total. The molecule has 1 aromatic heterocycles. The number of aliphatic hydroxyl groups is 1. The molecule has 0 saturated carbocycles. The van der Waals surface area contributed by atoms with Crippen molar-refractivity contribution < 1.29 is 13.9 Å². The lowest BCUT2D eigenvalue weighted by Crippen LogP contribution is -2.00. The summed E-state index contributed by atoms with van der Waals surface area (Å²) in [4.78, 5) is 1.78. The van der Waals surface area contributed by atoms with Gasteiger partial charge < -0.3 is 5.11 Å². The van der Waals surface area contributed by atoms with E-state index in [1.165, 1.54) is 11.3 Å². The van der Waals surface area contributed by atoms with Gasteiger partial charge in [0.2, 0.25) is 0 Å². The van der Waals surface area contributed by atoms with Gasteiger partial charge in [-0.3, -0.25) is 0 Å². The summed E-state index contributed by atoms with van der Waals surface area (Å²) in [5.41, 5.74) is 0.181. The van der Waals surface area contributed by atoms with Gasteiger partial charge in [-0.15, -0.1) is 11.3 Å². The van der Waals surface area contributed by atoms with Crippen LogP contribution in [0.2, 0.25) is 5.02 Å². The zero-order chi connectivity index (χ0) is 13.3. The summed E-state index contributed by atoms with van der Waals surface area (Å²) in [6.45, 7) is 2.01. The van der Waals surface area contributed by atoms with Crippen molar-refractivity contribution in [2.45, 2.75) is 19.4 Å². The number of rotatable bonds is 3. The Balaban J connectivity index is 2.39. The molecule has 0 saturated heterocycles. The summed E-state index contributed by atoms with van der Waals surface area (Å²) in [7, 11) is 0. The van der Waals surface area contributed by atoms with Gasteiger partial charge in [0.05, 0.1) is 0 Å². The van der Waals surface area contributed by atoms with Crippen LogP contribution in [0.5, 0.6) is 0 Å². The molecule has 0 aliphatic carbocycles. The predicted molar refractivity (Wildman–Crippen MR) is 69.1 cm³/mol. The highest BCUT2D eigenvalue weighted by molar-refractivity contribution is 7.12. The third kappa shape index (κ3) is 2.55. The third-order valence-corrected chi connectivity index (χ3v) is 4.24. The monoisotopic (exact) mass is 288 g/mol. The van der Waals surface area contributed by atoms with Gasteiger partial charge in [0, 0.05) is 20.3 Å². The summed E-state index contributed by atoms with van der Waals surface area (Å²) >= 11 is 7.25. The molecular formula is C13H11ClF2OS. The SMILES string of the molecule is CCc1ccc(C(O)c2cc(F)c(F)cc2Cl)s1. The lowest BCUT2D eigenvalue weighted by molar-refractivity contribution is 0.223. The Bertz CT molecular complexity index is 568. The van der Waals surface area contributed by atoms with Crippen LogP contribution in [0, 0.1) is 11.6 Å². The minimum atomic E-state index is -1.03. The fourth-order valence-electron chi connectivity index (χ4n) is 1.63. The van der Waals surface area contributed by atoms with Crippen molar-refractivity contribution in [3.05, 3.63) is 56.2 Å². The molecule has 0 radical (unpaired) electrons. The third-order valence-electron chi connectivity index (χ3n) is 2.63. The van der Waals surface area contributed by atoms with Gasteiger partial charge in [0.25, 0.3) is 0 Å². The molecule has 1 unspecified atom stereocenters. The van der Waals surface area contributed by atoms with Crippen LogP contribution in [0.3, 0.4) is 0 Å². The van der Waals surface area contributed by atoms with E-state index in [4.69, 9.17) is 11.6 Å². The molecule has 0 aliphatic heterocycles. The quantitative estimate of drug-likeness (QED) is 0.834. The maximum atomic E-state index is 13.2. The molecule has 0 bridgehead atoms. The maximum Gasteiger partial charge on any atom is 0.160 e. The molecule has 1 N–H and O–H groups in total. The highest BCUT2D eigenvalue weighted by Crippen LogP contribution is 2.33. The second-order valence-corrected chi connectivity index (χ2v) is 5.46. The van der Waals surface area contributed by atoms with Crippen molar-refractivity contribution in [1.29, 1.82) is 0 Å². The van der Waals surface area contributed by atoms with E-state index in [2.05, 4.69) is 0 Å². The van der Waals surface area contributed by atoms with Crippen LogP contribution in [0.15, 0.2) is 24.3 Å². The Kier molecular flexibility index (Phi) is 4.00. The second-order valence-electron chi connectivity index (χ2n) is 3.85. The largest absolute Gasteiger partial charge is 0.383 e. The minimum Gasteiger partial charge on any atom is -0.383 e. The topological polar surface area (TPSA) is 20.2 Å². The van der Waals surface area contributed by atoms with Crippen LogP contribution < -0.4 is 0 Å². The van der Waals surface area contributed by atoms with Gasteiger partial charge in [0.15, 0.2) is 11.6 Å². The normalized spacial score (nSPS) is 12.7. The molecule has 96 valence electrons. The molecule has 2 aromatic rings. The fraction of sp³-hybridized carbons (Fsp3) is 0.231. The zero-order valence-corrected chi connectivity index (χ0v) is 11.2. The Morgan fingerprint density at radius 1 is 1.28 bits per heavy atom. The smallest absolute Gasteiger partial charge is 0.160 e. The summed E-state index contributed by atoms with van der Waals surface area (Å²) in [5, 5.41) is 10.2. The van der Waals surface area contributed by atoms with Crippen molar-refractivity contribution in [2.75, 3.05) is 0 Å². The van der Waals surface area contributed by atoms with Crippen molar-refractivity contribution >= 4 is 22.9 Å². The maximum absolute atomic E-state index is 13.2. The van der Waals surface area contributed by atoms with E-state index >= 15 is 0 Å². The summed E-state index contributed by atoms with van der Waals surface area (Å²) in [5.74, 6) is -2.03. The van der Waals surface area contributed by atoms with Crippen molar-refractivity contribution in [3.8, 4) is 0 Å². The van der Waals surface area contributed by atoms with Gasteiger partial charge in [-0.25, -0.2) is 8.78 Å². The predicted octanol–water partition coefficient (Wildman–Crippen LogP) is 4.32. The molecule has 0 spiro atoms. The Morgan fingerprint density at radius 2 is 1.94 bits per heavy atom. The Morgan fingerprint density at radius 3 is 2.56 bits per heavy atom. The van der Waals surface area contributed by atoms with E-state index in [1.54, 1.807) is 6.07 Å². The summed E-state index contributed by atoms with van der Waals surface area (Å²) in [6, 6.07) is 5.49. The van der Waals surface area contributed by atoms with E-state index in [0.29, 0.717) is 4.88 Å². The molecule has 1 heterocycles. The number of aryl methyl sites for hydroxylation is 1. The van der Waals surface area contributed by atoms with Crippen LogP contribution in [-0.2, 0) is 6.42 Å². The van der Waals surface area contributed by atoms with Crippen molar-refractivity contribution in [3.63, 3.8) is 0 Å². The van der Waals surface area contributed by atoms with Crippen LogP contribution in [0.25, 0.3) is 0 Å². The first-order valence-corrected chi connectivity index (χ1v) is 6.63. The van der Waals surface area contributed by atoms with E-state index in [0.717, 1.165) is 23.4 Å². The average Bonchev–Trinajstić information content (AvgIpc) is 2.81. The highest BCUT2D eigenvalue weighted by Gasteiger charge is 2.18. The van der Waals surface area contributed by atoms with Crippen molar-refractivity contribution in [1.82, 2.24) is 0 Å². The number of aliphatic hydroxyl groups excluding tert-OH is 1. The van der Waals surface area contributed by atoms with E-state index in [-0.39, 0.29) is 10.6 Å². The number of hydrogen-bond acceptors (Lipinski definition) is 2. The molecule has 2 rings (SSSR count). The van der Waals surface area contributed by atoms with Gasteiger partial charge in [-0.05, 0) is 30.7 Å². The fourth-order valence-corrected chi connectivity index (χ4v) is 2.84. The van der Waals surface area contributed by atoms with Gasteiger partial charge in [-0.1, -0.05) is 18.5 Å². The van der Waals surface area contributed by atoms with Crippen LogP contribution in [-0.4, -0.2) is 5.11 Å². The second kappa shape index (κ2) is 5.34. The zero-order valence-electron chi connectivity index (χ0n) is 9.58. The van der Waals surface area contributed by atoms with Crippen LogP contribution in [0.4, 0.5) is 8.78 Å². The lowest BCUT2D eigenvalue weighted by Gasteiger charge is -2.11. The van der Waals surface area contributed by atoms with Crippen molar-refractivity contribution in [2.24, 2.45) is 0 Å². The Labute approximate surface area is 113 Å². The first-order chi connectivity index (χ1) is 8.52. The highest BCUT2D eigenvalue weighted by atomic mass is 35.5. The van der Waals surface area contributed by atoms with E-state index < -0.39 is 17.7 Å². The first kappa shape index (κ1) is 13.5.